The zero-order valence-corrected chi connectivity index (χ0v) is 13.1. The first-order valence-electron chi connectivity index (χ1n) is 6.21. The number of nitrogens with zero attached hydrogens (tertiary/aromatic N) is 1. The molecule has 1 amide bonds. The van der Waals surface area contributed by atoms with Crippen LogP contribution in [0.15, 0.2) is 40.9 Å². The molecule has 6 heteroatoms. The second-order valence-corrected chi connectivity index (χ2v) is 5.50. The molecular weight excluding hydrogens is 336 g/mol. The summed E-state index contributed by atoms with van der Waals surface area (Å²) < 4.78 is 0.932. The summed E-state index contributed by atoms with van der Waals surface area (Å²) in [5.41, 5.74) is 1.91. The first-order chi connectivity index (χ1) is 9.90. The van der Waals surface area contributed by atoms with Gasteiger partial charge in [-0.15, -0.1) is 0 Å². The number of rotatable bonds is 3. The number of carbonyl (C=O) groups is 1. The topological polar surface area (TPSA) is 72.2 Å². The van der Waals surface area contributed by atoms with Gasteiger partial charge in [0.2, 0.25) is 0 Å². The number of para-hydroxylation sites is 1. The van der Waals surface area contributed by atoms with Crippen LogP contribution in [0.25, 0.3) is 0 Å². The van der Waals surface area contributed by atoms with Gasteiger partial charge in [0.05, 0.1) is 4.92 Å². The molecule has 0 unspecified atom stereocenters. The highest BCUT2D eigenvalue weighted by molar-refractivity contribution is 9.10. The molecule has 2 aromatic carbocycles. The Morgan fingerprint density at radius 1 is 1.19 bits per heavy atom. The van der Waals surface area contributed by atoms with Gasteiger partial charge in [-0.05, 0) is 43.7 Å². The minimum atomic E-state index is -0.531. The van der Waals surface area contributed by atoms with Gasteiger partial charge in [-0.25, -0.2) is 0 Å². The quantitative estimate of drug-likeness (QED) is 0.666. The minimum absolute atomic E-state index is 0.0561. The van der Waals surface area contributed by atoms with Crippen molar-refractivity contribution in [1.82, 2.24) is 0 Å². The zero-order chi connectivity index (χ0) is 15.6. The minimum Gasteiger partial charge on any atom is -0.322 e. The number of halogens is 1. The molecule has 2 rings (SSSR count). The largest absolute Gasteiger partial charge is 0.322 e. The summed E-state index contributed by atoms with van der Waals surface area (Å²) in [6, 6.07) is 10.0. The Balaban J connectivity index is 2.35. The van der Waals surface area contributed by atoms with E-state index in [0.717, 1.165) is 10.0 Å². The average Bonchev–Trinajstić information content (AvgIpc) is 2.42. The Kier molecular flexibility index (Phi) is 4.37. The third-order valence-corrected chi connectivity index (χ3v) is 3.97. The van der Waals surface area contributed by atoms with Crippen molar-refractivity contribution in [2.45, 2.75) is 13.8 Å². The zero-order valence-electron chi connectivity index (χ0n) is 11.5. The normalized spacial score (nSPS) is 10.2. The van der Waals surface area contributed by atoms with E-state index in [0.29, 0.717) is 11.3 Å². The van der Waals surface area contributed by atoms with E-state index in [1.165, 1.54) is 6.07 Å². The lowest BCUT2D eigenvalue weighted by Crippen LogP contribution is -2.14. The molecule has 0 atom stereocenters. The van der Waals surface area contributed by atoms with E-state index in [-0.39, 0.29) is 11.3 Å². The Morgan fingerprint density at radius 2 is 1.90 bits per heavy atom. The van der Waals surface area contributed by atoms with Crippen LogP contribution in [-0.4, -0.2) is 10.8 Å². The number of nitro benzene ring substituents is 1. The SMILES string of the molecule is Cc1cc(NC(=O)c2cccc(C)c2[N+](=O)[O-])ccc1Br. The number of hydrogen-bond donors (Lipinski definition) is 1. The van der Waals surface area contributed by atoms with Crippen LogP contribution in [0.3, 0.4) is 0 Å². The van der Waals surface area contributed by atoms with Gasteiger partial charge in [-0.2, -0.15) is 0 Å². The summed E-state index contributed by atoms with van der Waals surface area (Å²) in [6.45, 7) is 3.51. The van der Waals surface area contributed by atoms with Crippen LogP contribution in [0.4, 0.5) is 11.4 Å². The molecular formula is C15H13BrN2O3. The van der Waals surface area contributed by atoms with Crippen LogP contribution < -0.4 is 5.32 Å². The van der Waals surface area contributed by atoms with Crippen LogP contribution in [0.1, 0.15) is 21.5 Å². The number of aryl methyl sites for hydroxylation is 2. The van der Waals surface area contributed by atoms with Gasteiger partial charge in [0.25, 0.3) is 11.6 Å². The third-order valence-electron chi connectivity index (χ3n) is 3.08. The highest BCUT2D eigenvalue weighted by Gasteiger charge is 2.22. The van der Waals surface area contributed by atoms with E-state index in [4.69, 9.17) is 0 Å². The molecule has 0 spiro atoms. The Labute approximate surface area is 130 Å². The van der Waals surface area contributed by atoms with E-state index < -0.39 is 10.8 Å². The van der Waals surface area contributed by atoms with E-state index in [2.05, 4.69) is 21.2 Å². The maximum atomic E-state index is 12.3. The lowest BCUT2D eigenvalue weighted by atomic mass is 10.1. The number of anilines is 1. The van der Waals surface area contributed by atoms with Crippen molar-refractivity contribution in [2.24, 2.45) is 0 Å². The van der Waals surface area contributed by atoms with E-state index in [1.54, 1.807) is 31.2 Å². The van der Waals surface area contributed by atoms with E-state index in [1.807, 2.05) is 13.0 Å². The highest BCUT2D eigenvalue weighted by atomic mass is 79.9. The molecule has 0 bridgehead atoms. The molecule has 0 aliphatic rings. The first kappa shape index (κ1) is 15.2. The average molecular weight is 349 g/mol. The molecule has 0 aliphatic carbocycles. The summed E-state index contributed by atoms with van der Waals surface area (Å²) in [5, 5.41) is 13.8. The van der Waals surface area contributed by atoms with Crippen molar-refractivity contribution in [2.75, 3.05) is 5.32 Å². The maximum Gasteiger partial charge on any atom is 0.285 e. The summed E-state index contributed by atoms with van der Waals surface area (Å²) in [4.78, 5) is 22.8. The number of amides is 1. The van der Waals surface area contributed by atoms with Crippen molar-refractivity contribution < 1.29 is 9.72 Å². The number of hydrogen-bond acceptors (Lipinski definition) is 3. The monoisotopic (exact) mass is 348 g/mol. The molecule has 0 radical (unpaired) electrons. The fourth-order valence-corrected chi connectivity index (χ4v) is 2.25. The summed E-state index contributed by atoms with van der Waals surface area (Å²) in [5.74, 6) is -0.493. The molecule has 5 nitrogen and oxygen atoms in total. The number of nitro groups is 1. The van der Waals surface area contributed by atoms with Crippen molar-refractivity contribution in [1.29, 1.82) is 0 Å². The lowest BCUT2D eigenvalue weighted by Gasteiger charge is -2.08. The molecule has 0 saturated heterocycles. The van der Waals surface area contributed by atoms with Gasteiger partial charge in [0.15, 0.2) is 0 Å². The van der Waals surface area contributed by atoms with Crippen molar-refractivity contribution in [3.63, 3.8) is 0 Å². The van der Waals surface area contributed by atoms with Crippen molar-refractivity contribution in [3.8, 4) is 0 Å². The van der Waals surface area contributed by atoms with Crippen LogP contribution in [-0.2, 0) is 0 Å². The van der Waals surface area contributed by atoms with Crippen molar-refractivity contribution in [3.05, 3.63) is 67.7 Å². The Morgan fingerprint density at radius 3 is 2.52 bits per heavy atom. The molecule has 2 aromatic rings. The Hall–Kier alpha value is -2.21. The van der Waals surface area contributed by atoms with Crippen LogP contribution in [0, 0.1) is 24.0 Å². The van der Waals surface area contributed by atoms with E-state index in [9.17, 15) is 14.9 Å². The van der Waals surface area contributed by atoms with E-state index >= 15 is 0 Å². The second kappa shape index (κ2) is 6.05. The lowest BCUT2D eigenvalue weighted by molar-refractivity contribution is -0.385. The van der Waals surface area contributed by atoms with Crippen LogP contribution >= 0.6 is 15.9 Å². The summed E-state index contributed by atoms with van der Waals surface area (Å²) in [7, 11) is 0. The predicted octanol–water partition coefficient (Wildman–Crippen LogP) is 4.23. The van der Waals surface area contributed by atoms with Gasteiger partial charge in [-0.1, -0.05) is 28.1 Å². The fourth-order valence-electron chi connectivity index (χ4n) is 2.01. The highest BCUT2D eigenvalue weighted by Crippen LogP contribution is 2.25. The van der Waals surface area contributed by atoms with Crippen LogP contribution in [0.2, 0.25) is 0 Å². The molecule has 0 aliphatic heterocycles. The number of nitrogens with one attached hydrogen (secondary N) is 1. The third kappa shape index (κ3) is 3.28. The number of benzene rings is 2. The van der Waals surface area contributed by atoms with Gasteiger partial charge in [-0.3, -0.25) is 14.9 Å². The maximum absolute atomic E-state index is 12.3. The van der Waals surface area contributed by atoms with Gasteiger partial charge in [0, 0.05) is 15.7 Å². The molecule has 0 saturated carbocycles. The van der Waals surface area contributed by atoms with Crippen molar-refractivity contribution >= 4 is 33.2 Å². The van der Waals surface area contributed by atoms with Gasteiger partial charge < -0.3 is 5.32 Å². The molecule has 0 aromatic heterocycles. The van der Waals surface area contributed by atoms with Gasteiger partial charge in [0.1, 0.15) is 5.56 Å². The predicted molar refractivity (Wildman–Crippen MR) is 84.7 cm³/mol. The molecule has 0 heterocycles. The van der Waals surface area contributed by atoms with Crippen LogP contribution in [0.5, 0.6) is 0 Å². The number of carbonyl (C=O) groups excluding carboxylic acids is 1. The Bertz CT molecular complexity index is 729. The van der Waals surface area contributed by atoms with Gasteiger partial charge >= 0.3 is 0 Å². The summed E-state index contributed by atoms with van der Waals surface area (Å²) >= 11 is 3.38. The fraction of sp³-hybridized carbons (Fsp3) is 0.133. The summed E-state index contributed by atoms with van der Waals surface area (Å²) in [6.07, 6.45) is 0. The molecule has 1 N–H and O–H groups in total. The smallest absolute Gasteiger partial charge is 0.285 e. The molecule has 0 fully saturated rings. The first-order valence-corrected chi connectivity index (χ1v) is 7.01. The molecule has 21 heavy (non-hydrogen) atoms. The standard InChI is InChI=1S/C15H13BrN2O3/c1-9-4-3-5-12(14(9)18(20)21)15(19)17-11-6-7-13(16)10(2)8-11/h3-8H,1-2H3,(H,17,19). The molecule has 108 valence electrons. The second-order valence-electron chi connectivity index (χ2n) is 4.65.